The maximum atomic E-state index is 9.76. The third-order valence-electron chi connectivity index (χ3n) is 3.92. The van der Waals surface area contributed by atoms with Crippen LogP contribution in [0.2, 0.25) is 0 Å². The highest BCUT2D eigenvalue weighted by Crippen LogP contribution is 2.23. The van der Waals surface area contributed by atoms with Crippen molar-refractivity contribution in [2.24, 2.45) is 4.99 Å². The number of hydrogen-bond acceptors (Lipinski definition) is 4. The fourth-order valence-corrected chi connectivity index (χ4v) is 2.57. The van der Waals surface area contributed by atoms with Crippen molar-refractivity contribution in [3.05, 3.63) is 84.6 Å². The lowest BCUT2D eigenvalue weighted by atomic mass is 10.1. The van der Waals surface area contributed by atoms with Gasteiger partial charge in [-0.3, -0.25) is 4.99 Å². The summed E-state index contributed by atoms with van der Waals surface area (Å²) in [4.78, 5) is 13.3. The van der Waals surface area contributed by atoms with Crippen molar-refractivity contribution in [1.29, 1.82) is 0 Å². The number of aromatic nitrogens is 2. The van der Waals surface area contributed by atoms with E-state index in [9.17, 15) is 5.11 Å². The van der Waals surface area contributed by atoms with Crippen molar-refractivity contribution in [2.45, 2.75) is 0 Å². The van der Waals surface area contributed by atoms with Crippen LogP contribution in [0.4, 0.5) is 5.69 Å². The maximum absolute atomic E-state index is 9.76. The number of phenolic OH excluding ortho intramolecular Hbond substituents is 1. The monoisotopic (exact) mass is 325 g/mol. The van der Waals surface area contributed by atoms with E-state index < -0.39 is 0 Å². The number of aliphatic imine (C=N–C) groups is 1. The van der Waals surface area contributed by atoms with Gasteiger partial charge in [0, 0.05) is 28.9 Å². The summed E-state index contributed by atoms with van der Waals surface area (Å²) in [5.41, 5.74) is 4.12. The summed E-state index contributed by atoms with van der Waals surface area (Å²) >= 11 is 0. The Morgan fingerprint density at radius 1 is 0.840 bits per heavy atom. The van der Waals surface area contributed by atoms with E-state index in [2.05, 4.69) is 15.0 Å². The Bertz CT molecular complexity index is 1060. The lowest BCUT2D eigenvalue weighted by Gasteiger charge is -2.03. The highest BCUT2D eigenvalue weighted by molar-refractivity contribution is 5.85. The summed E-state index contributed by atoms with van der Waals surface area (Å²) in [5, 5.41) is 10.8. The van der Waals surface area contributed by atoms with E-state index in [0.29, 0.717) is 5.56 Å². The maximum Gasteiger partial charge on any atom is 0.159 e. The SMILES string of the molecule is Oc1ccccc1C=Nc1ccc(-c2ccc3cccnc3n2)cc1. The van der Waals surface area contributed by atoms with E-state index in [1.165, 1.54) is 0 Å². The van der Waals surface area contributed by atoms with E-state index >= 15 is 0 Å². The summed E-state index contributed by atoms with van der Waals surface area (Å²) in [5.74, 6) is 0.218. The molecular weight excluding hydrogens is 310 g/mol. The third kappa shape index (κ3) is 3.23. The van der Waals surface area contributed by atoms with Gasteiger partial charge in [-0.2, -0.15) is 0 Å². The van der Waals surface area contributed by atoms with Gasteiger partial charge >= 0.3 is 0 Å². The third-order valence-corrected chi connectivity index (χ3v) is 3.92. The van der Waals surface area contributed by atoms with Gasteiger partial charge in [0.05, 0.1) is 11.4 Å². The second kappa shape index (κ2) is 6.53. The fraction of sp³-hybridized carbons (Fsp3) is 0. The van der Waals surface area contributed by atoms with E-state index in [0.717, 1.165) is 28.0 Å². The zero-order valence-corrected chi connectivity index (χ0v) is 13.4. The van der Waals surface area contributed by atoms with Gasteiger partial charge in [0.15, 0.2) is 5.65 Å². The largest absolute Gasteiger partial charge is 0.507 e. The minimum atomic E-state index is 0.218. The van der Waals surface area contributed by atoms with Gasteiger partial charge in [0.25, 0.3) is 0 Å². The lowest BCUT2D eigenvalue weighted by Crippen LogP contribution is -1.87. The minimum Gasteiger partial charge on any atom is -0.507 e. The predicted octanol–water partition coefficient (Wildman–Crippen LogP) is 4.75. The molecule has 0 aliphatic heterocycles. The Balaban J connectivity index is 1.60. The van der Waals surface area contributed by atoms with Crippen LogP contribution in [0.1, 0.15) is 5.56 Å². The first-order valence-corrected chi connectivity index (χ1v) is 7.94. The Labute approximate surface area is 145 Å². The molecule has 2 aromatic carbocycles. The zero-order chi connectivity index (χ0) is 17.1. The van der Waals surface area contributed by atoms with Crippen LogP contribution < -0.4 is 0 Å². The number of para-hydroxylation sites is 1. The molecule has 2 aromatic heterocycles. The van der Waals surface area contributed by atoms with Gasteiger partial charge in [-0.15, -0.1) is 0 Å². The van der Waals surface area contributed by atoms with Crippen LogP contribution in [-0.4, -0.2) is 21.3 Å². The molecule has 0 amide bonds. The molecule has 0 bridgehead atoms. The van der Waals surface area contributed by atoms with Crippen LogP contribution in [0.15, 0.2) is 84.0 Å². The first kappa shape index (κ1) is 15.0. The Morgan fingerprint density at radius 3 is 2.52 bits per heavy atom. The number of pyridine rings is 2. The minimum absolute atomic E-state index is 0.218. The smallest absolute Gasteiger partial charge is 0.159 e. The molecule has 0 atom stereocenters. The number of aromatic hydroxyl groups is 1. The molecule has 0 radical (unpaired) electrons. The van der Waals surface area contributed by atoms with Crippen molar-refractivity contribution < 1.29 is 5.11 Å². The van der Waals surface area contributed by atoms with Crippen molar-refractivity contribution in [1.82, 2.24) is 9.97 Å². The van der Waals surface area contributed by atoms with Crippen LogP contribution in [0, 0.1) is 0 Å². The Hall–Kier alpha value is -3.53. The molecule has 1 N–H and O–H groups in total. The van der Waals surface area contributed by atoms with Gasteiger partial charge in [-0.05, 0) is 48.5 Å². The van der Waals surface area contributed by atoms with Crippen LogP contribution in [-0.2, 0) is 0 Å². The molecule has 120 valence electrons. The summed E-state index contributed by atoms with van der Waals surface area (Å²) in [7, 11) is 0. The highest BCUT2D eigenvalue weighted by Gasteiger charge is 2.02. The molecule has 4 nitrogen and oxygen atoms in total. The number of hydrogen-bond donors (Lipinski definition) is 1. The average molecular weight is 325 g/mol. The number of phenols is 1. The normalized spacial score (nSPS) is 11.2. The Kier molecular flexibility index (Phi) is 3.92. The molecular formula is C21H15N3O. The summed E-state index contributed by atoms with van der Waals surface area (Å²) in [6.07, 6.45) is 3.40. The molecule has 0 saturated carbocycles. The lowest BCUT2D eigenvalue weighted by molar-refractivity contribution is 0.474. The van der Waals surface area contributed by atoms with E-state index in [-0.39, 0.29) is 5.75 Å². The van der Waals surface area contributed by atoms with Gasteiger partial charge in [-0.1, -0.05) is 24.3 Å². The second-order valence-electron chi connectivity index (χ2n) is 5.61. The number of fused-ring (bicyclic) bond motifs is 1. The number of nitrogens with zero attached hydrogens (tertiary/aromatic N) is 3. The molecule has 2 heterocycles. The van der Waals surface area contributed by atoms with Crippen LogP contribution in [0.3, 0.4) is 0 Å². The zero-order valence-electron chi connectivity index (χ0n) is 13.4. The van der Waals surface area contributed by atoms with Crippen LogP contribution in [0.5, 0.6) is 5.75 Å². The summed E-state index contributed by atoms with van der Waals surface area (Å²) in [6, 6.07) is 22.8. The topological polar surface area (TPSA) is 58.4 Å². The molecule has 0 saturated heterocycles. The van der Waals surface area contributed by atoms with Crippen molar-refractivity contribution >= 4 is 22.9 Å². The highest BCUT2D eigenvalue weighted by atomic mass is 16.3. The quantitative estimate of drug-likeness (QED) is 0.553. The van der Waals surface area contributed by atoms with Gasteiger partial charge in [0.2, 0.25) is 0 Å². The van der Waals surface area contributed by atoms with Gasteiger partial charge in [0.1, 0.15) is 5.75 Å². The number of rotatable bonds is 3. The first-order chi connectivity index (χ1) is 12.3. The molecule has 0 unspecified atom stereocenters. The van der Waals surface area contributed by atoms with Gasteiger partial charge in [-0.25, -0.2) is 9.97 Å². The van der Waals surface area contributed by atoms with Gasteiger partial charge < -0.3 is 5.11 Å². The molecule has 4 aromatic rings. The molecule has 0 aliphatic rings. The molecule has 4 heteroatoms. The van der Waals surface area contributed by atoms with E-state index in [1.807, 2.05) is 60.7 Å². The molecule has 0 fully saturated rings. The van der Waals surface area contributed by atoms with Crippen molar-refractivity contribution in [2.75, 3.05) is 0 Å². The molecule has 0 aliphatic carbocycles. The van der Waals surface area contributed by atoms with E-state index in [1.54, 1.807) is 24.5 Å². The van der Waals surface area contributed by atoms with E-state index in [4.69, 9.17) is 0 Å². The van der Waals surface area contributed by atoms with Crippen molar-refractivity contribution in [3.63, 3.8) is 0 Å². The predicted molar refractivity (Wildman–Crippen MR) is 100 cm³/mol. The summed E-state index contributed by atoms with van der Waals surface area (Å²) < 4.78 is 0. The number of benzene rings is 2. The van der Waals surface area contributed by atoms with Crippen LogP contribution in [0.25, 0.3) is 22.3 Å². The molecule has 0 spiro atoms. The standard InChI is InChI=1S/C21H15N3O/c25-20-6-2-1-4-17(20)14-23-18-10-7-15(8-11-18)19-12-9-16-5-3-13-22-21(16)24-19/h1-14,25H. The second-order valence-corrected chi connectivity index (χ2v) is 5.61. The van der Waals surface area contributed by atoms with Crippen LogP contribution >= 0.6 is 0 Å². The fourth-order valence-electron chi connectivity index (χ4n) is 2.57. The Morgan fingerprint density at radius 2 is 1.68 bits per heavy atom. The molecule has 25 heavy (non-hydrogen) atoms. The first-order valence-electron chi connectivity index (χ1n) is 7.94. The summed E-state index contributed by atoms with van der Waals surface area (Å²) in [6.45, 7) is 0. The average Bonchev–Trinajstić information content (AvgIpc) is 2.67. The van der Waals surface area contributed by atoms with Crippen molar-refractivity contribution in [3.8, 4) is 17.0 Å². The molecule has 4 rings (SSSR count).